The van der Waals surface area contributed by atoms with Crippen LogP contribution >= 0.6 is 11.6 Å². The van der Waals surface area contributed by atoms with Crippen molar-refractivity contribution in [2.24, 2.45) is 0 Å². The van der Waals surface area contributed by atoms with Gasteiger partial charge in [-0.2, -0.15) is 0 Å². The quantitative estimate of drug-likeness (QED) is 0.707. The first-order valence-electron chi connectivity index (χ1n) is 4.31. The van der Waals surface area contributed by atoms with Crippen LogP contribution in [0.15, 0.2) is 6.07 Å². The molecule has 0 unspecified atom stereocenters. The minimum atomic E-state index is -2.68. The largest absolute Gasteiger partial charge is 0.299 e. The van der Waals surface area contributed by atoms with Crippen molar-refractivity contribution in [3.8, 4) is 0 Å². The molecule has 0 aromatic carbocycles. The lowest BCUT2D eigenvalue weighted by atomic mass is 10.2. The van der Waals surface area contributed by atoms with Crippen LogP contribution in [0.2, 0.25) is 5.15 Å². The van der Waals surface area contributed by atoms with E-state index >= 15 is 0 Å². The molecule has 2 rings (SSSR count). The van der Waals surface area contributed by atoms with Crippen molar-refractivity contribution >= 4 is 17.2 Å². The average Bonchev–Trinajstić information content (AvgIpc) is 2.59. The lowest BCUT2D eigenvalue weighted by molar-refractivity contribution is 0.140. The minimum Gasteiger partial charge on any atom is -0.206 e. The second kappa shape index (κ2) is 3.41. The summed E-state index contributed by atoms with van der Waals surface area (Å²) in [5.41, 5.74) is 1.93. The molecule has 0 aliphatic rings. The molecular formula is C9H8ClF2N3. The van der Waals surface area contributed by atoms with Gasteiger partial charge in [0, 0.05) is 0 Å². The molecule has 0 saturated heterocycles. The van der Waals surface area contributed by atoms with Gasteiger partial charge in [-0.3, -0.25) is 0 Å². The number of halogens is 3. The van der Waals surface area contributed by atoms with Crippen LogP contribution in [0.25, 0.3) is 5.65 Å². The summed E-state index contributed by atoms with van der Waals surface area (Å²) in [5.74, 6) is -0.495. The van der Waals surface area contributed by atoms with Crippen molar-refractivity contribution in [2.45, 2.75) is 20.3 Å². The Kier molecular flexibility index (Phi) is 2.34. The van der Waals surface area contributed by atoms with E-state index < -0.39 is 12.2 Å². The standard InChI is InChI=1S/C9H8ClF2N3/c1-4-3-5(2)9-13-8(7(11)12)14-15(9)6(4)10/h3,7H,1-2H3. The Morgan fingerprint density at radius 2 is 2.00 bits per heavy atom. The van der Waals surface area contributed by atoms with Gasteiger partial charge in [0.25, 0.3) is 6.43 Å². The maximum Gasteiger partial charge on any atom is 0.299 e. The van der Waals surface area contributed by atoms with Crippen molar-refractivity contribution in [3.05, 3.63) is 28.2 Å². The van der Waals surface area contributed by atoms with Crippen molar-refractivity contribution in [2.75, 3.05) is 0 Å². The number of aryl methyl sites for hydroxylation is 2. The van der Waals surface area contributed by atoms with Gasteiger partial charge in [0.1, 0.15) is 5.15 Å². The highest BCUT2D eigenvalue weighted by Crippen LogP contribution is 2.22. The van der Waals surface area contributed by atoms with Crippen LogP contribution in [0.3, 0.4) is 0 Å². The molecule has 0 bridgehead atoms. The fourth-order valence-electron chi connectivity index (χ4n) is 1.43. The van der Waals surface area contributed by atoms with Crippen LogP contribution in [-0.2, 0) is 0 Å². The van der Waals surface area contributed by atoms with Gasteiger partial charge in [-0.25, -0.2) is 18.3 Å². The minimum absolute atomic E-state index is 0.315. The number of rotatable bonds is 1. The molecule has 2 aromatic rings. The molecule has 15 heavy (non-hydrogen) atoms. The summed E-state index contributed by atoms with van der Waals surface area (Å²) in [6.07, 6.45) is -2.68. The van der Waals surface area contributed by atoms with Crippen LogP contribution in [0, 0.1) is 13.8 Å². The number of hydrogen-bond donors (Lipinski definition) is 0. The van der Waals surface area contributed by atoms with Gasteiger partial charge in [0.05, 0.1) is 0 Å². The molecule has 0 aliphatic carbocycles. The van der Waals surface area contributed by atoms with Gasteiger partial charge in [-0.15, -0.1) is 5.10 Å². The average molecular weight is 232 g/mol. The van der Waals surface area contributed by atoms with E-state index in [1.807, 2.05) is 0 Å². The zero-order chi connectivity index (χ0) is 11.2. The molecule has 0 spiro atoms. The summed E-state index contributed by atoms with van der Waals surface area (Å²) >= 11 is 5.93. The predicted molar refractivity (Wildman–Crippen MR) is 52.4 cm³/mol. The topological polar surface area (TPSA) is 30.2 Å². The molecule has 0 fully saturated rings. The predicted octanol–water partition coefficient (Wildman–Crippen LogP) is 2.94. The maximum absolute atomic E-state index is 12.4. The third-order valence-corrected chi connectivity index (χ3v) is 2.57. The maximum atomic E-state index is 12.4. The van der Waals surface area contributed by atoms with E-state index in [0.29, 0.717) is 10.8 Å². The van der Waals surface area contributed by atoms with E-state index in [1.54, 1.807) is 19.9 Å². The van der Waals surface area contributed by atoms with Gasteiger partial charge in [0.2, 0.25) is 5.82 Å². The molecule has 6 heteroatoms. The first-order chi connectivity index (χ1) is 7.00. The summed E-state index contributed by atoms with van der Waals surface area (Å²) in [6, 6.07) is 1.79. The Morgan fingerprint density at radius 3 is 2.60 bits per heavy atom. The number of fused-ring (bicyclic) bond motifs is 1. The van der Waals surface area contributed by atoms with E-state index in [0.717, 1.165) is 11.1 Å². The fraction of sp³-hybridized carbons (Fsp3) is 0.333. The van der Waals surface area contributed by atoms with E-state index in [4.69, 9.17) is 11.6 Å². The highest BCUT2D eigenvalue weighted by atomic mass is 35.5. The third-order valence-electron chi connectivity index (χ3n) is 2.12. The Morgan fingerprint density at radius 1 is 1.33 bits per heavy atom. The summed E-state index contributed by atoms with van der Waals surface area (Å²) < 4.78 is 26.0. The molecule has 0 atom stereocenters. The zero-order valence-corrected chi connectivity index (χ0v) is 8.89. The highest BCUT2D eigenvalue weighted by molar-refractivity contribution is 6.30. The summed E-state index contributed by atoms with van der Waals surface area (Å²) in [5, 5.41) is 3.97. The fourth-order valence-corrected chi connectivity index (χ4v) is 1.60. The molecule has 2 aromatic heterocycles. The van der Waals surface area contributed by atoms with Crippen LogP contribution in [0.1, 0.15) is 23.4 Å². The molecule has 0 N–H and O–H groups in total. The SMILES string of the molecule is Cc1cc(C)c2nc(C(F)F)nn2c1Cl. The number of aromatic nitrogens is 3. The molecule has 0 amide bonds. The van der Waals surface area contributed by atoms with E-state index in [2.05, 4.69) is 10.1 Å². The molecular weight excluding hydrogens is 224 g/mol. The summed E-state index contributed by atoms with van der Waals surface area (Å²) in [4.78, 5) is 3.73. The van der Waals surface area contributed by atoms with Crippen molar-refractivity contribution < 1.29 is 8.78 Å². The van der Waals surface area contributed by atoms with E-state index in [-0.39, 0.29) is 0 Å². The number of hydrogen-bond acceptors (Lipinski definition) is 2. The van der Waals surface area contributed by atoms with Crippen molar-refractivity contribution in [3.63, 3.8) is 0 Å². The van der Waals surface area contributed by atoms with Gasteiger partial charge >= 0.3 is 0 Å². The first kappa shape index (κ1) is 10.3. The van der Waals surface area contributed by atoms with Crippen molar-refractivity contribution in [1.29, 1.82) is 0 Å². The van der Waals surface area contributed by atoms with Gasteiger partial charge in [0.15, 0.2) is 5.65 Å². The smallest absolute Gasteiger partial charge is 0.206 e. The molecule has 3 nitrogen and oxygen atoms in total. The monoisotopic (exact) mass is 231 g/mol. The lowest BCUT2D eigenvalue weighted by Gasteiger charge is -2.02. The normalized spacial score (nSPS) is 11.6. The van der Waals surface area contributed by atoms with Gasteiger partial charge in [-0.05, 0) is 31.0 Å². The lowest BCUT2D eigenvalue weighted by Crippen LogP contribution is -1.95. The van der Waals surface area contributed by atoms with E-state index in [1.165, 1.54) is 4.52 Å². The Hall–Kier alpha value is -1.23. The van der Waals surface area contributed by atoms with Crippen LogP contribution in [0.4, 0.5) is 8.78 Å². The molecule has 0 radical (unpaired) electrons. The number of pyridine rings is 1. The van der Waals surface area contributed by atoms with Crippen LogP contribution in [-0.4, -0.2) is 14.6 Å². The zero-order valence-electron chi connectivity index (χ0n) is 8.13. The molecule has 80 valence electrons. The second-order valence-electron chi connectivity index (χ2n) is 3.31. The van der Waals surface area contributed by atoms with Crippen molar-refractivity contribution in [1.82, 2.24) is 14.6 Å². The van der Waals surface area contributed by atoms with Gasteiger partial charge < -0.3 is 0 Å². The molecule has 2 heterocycles. The Labute approximate surface area is 89.7 Å². The molecule has 0 saturated carbocycles. The van der Waals surface area contributed by atoms with Crippen LogP contribution < -0.4 is 0 Å². The third kappa shape index (κ3) is 1.56. The number of nitrogens with zero attached hydrogens (tertiary/aromatic N) is 3. The Balaban J connectivity index is 2.80. The molecule has 0 aliphatic heterocycles. The summed E-state index contributed by atoms with van der Waals surface area (Å²) in [6.45, 7) is 3.57. The summed E-state index contributed by atoms with van der Waals surface area (Å²) in [7, 11) is 0. The van der Waals surface area contributed by atoms with Gasteiger partial charge in [-0.1, -0.05) is 11.6 Å². The van der Waals surface area contributed by atoms with E-state index in [9.17, 15) is 8.78 Å². The highest BCUT2D eigenvalue weighted by Gasteiger charge is 2.17. The van der Waals surface area contributed by atoms with Crippen LogP contribution in [0.5, 0.6) is 0 Å². The second-order valence-corrected chi connectivity index (χ2v) is 3.67. The first-order valence-corrected chi connectivity index (χ1v) is 4.69. The number of alkyl halides is 2. The Bertz CT molecular complexity index is 522.